The van der Waals surface area contributed by atoms with Gasteiger partial charge in [-0.25, -0.2) is 13.2 Å². The molecule has 0 radical (unpaired) electrons. The number of sulfonamides is 1. The third-order valence-corrected chi connectivity index (χ3v) is 7.06. The fraction of sp³-hybridized carbons (Fsp3) is 0.500. The number of amides is 1. The molecule has 1 aromatic rings. The molecule has 1 aliphatic carbocycles. The molecule has 1 heterocycles. The lowest BCUT2D eigenvalue weighted by molar-refractivity contribution is -0.133. The molecule has 0 N–H and O–H groups in total. The quantitative estimate of drug-likeness (QED) is 0.533. The molecule has 2 aliphatic rings. The van der Waals surface area contributed by atoms with Gasteiger partial charge in [-0.15, -0.1) is 0 Å². The molecule has 1 aromatic carbocycles. The second-order valence-corrected chi connectivity index (χ2v) is 8.94. The maximum atomic E-state index is 12.8. The minimum absolute atomic E-state index is 0.0902. The molecule has 7 nitrogen and oxygen atoms in total. The summed E-state index contributed by atoms with van der Waals surface area (Å²) in [6.07, 6.45) is 6.74. The number of benzene rings is 1. The lowest BCUT2D eigenvalue weighted by atomic mass is 10.0. The zero-order valence-corrected chi connectivity index (χ0v) is 16.9. The van der Waals surface area contributed by atoms with Crippen LogP contribution >= 0.6 is 0 Å². The van der Waals surface area contributed by atoms with Crippen LogP contribution in [0.4, 0.5) is 0 Å². The van der Waals surface area contributed by atoms with Crippen LogP contribution in [0.5, 0.6) is 0 Å². The van der Waals surface area contributed by atoms with Crippen LogP contribution in [0, 0.1) is 5.92 Å². The van der Waals surface area contributed by atoms with Gasteiger partial charge < -0.3 is 9.64 Å². The Kier molecular flexibility index (Phi) is 6.51. The second kappa shape index (κ2) is 8.87. The van der Waals surface area contributed by atoms with E-state index in [1.54, 1.807) is 11.8 Å². The van der Waals surface area contributed by atoms with Gasteiger partial charge in [-0.1, -0.05) is 12.2 Å². The Hall–Kier alpha value is -2.19. The molecule has 0 saturated carbocycles. The van der Waals surface area contributed by atoms with E-state index < -0.39 is 16.0 Å². The predicted molar refractivity (Wildman–Crippen MR) is 104 cm³/mol. The third-order valence-electron chi connectivity index (χ3n) is 5.14. The van der Waals surface area contributed by atoms with Crippen molar-refractivity contribution in [1.29, 1.82) is 0 Å². The zero-order valence-electron chi connectivity index (χ0n) is 16.0. The first-order valence-electron chi connectivity index (χ1n) is 9.63. The van der Waals surface area contributed by atoms with E-state index in [9.17, 15) is 18.0 Å². The Labute approximate surface area is 166 Å². The Balaban J connectivity index is 1.58. The molecule has 0 bridgehead atoms. The number of hydrogen-bond acceptors (Lipinski definition) is 5. The van der Waals surface area contributed by atoms with Crippen LogP contribution in [-0.2, 0) is 19.6 Å². The van der Waals surface area contributed by atoms with Crippen molar-refractivity contribution in [3.8, 4) is 0 Å². The number of allylic oxidation sites excluding steroid dienone is 2. The third kappa shape index (κ3) is 4.62. The fourth-order valence-electron chi connectivity index (χ4n) is 3.52. The first-order chi connectivity index (χ1) is 13.4. The SMILES string of the molecule is CCOC(=O)c1ccc(S(=O)(=O)N2CCN(C(=O)C[C@H]3C=CCC3)CC2)cc1. The van der Waals surface area contributed by atoms with E-state index in [4.69, 9.17) is 4.74 Å². The molecule has 1 saturated heterocycles. The summed E-state index contributed by atoms with van der Waals surface area (Å²) in [5.41, 5.74) is 0.317. The van der Waals surface area contributed by atoms with E-state index in [2.05, 4.69) is 12.2 Å². The normalized spacial score (nSPS) is 20.3. The van der Waals surface area contributed by atoms with E-state index in [0.717, 1.165) is 12.8 Å². The van der Waals surface area contributed by atoms with Crippen LogP contribution in [0.25, 0.3) is 0 Å². The number of hydrogen-bond donors (Lipinski definition) is 0. The zero-order chi connectivity index (χ0) is 20.1. The van der Waals surface area contributed by atoms with Crippen LogP contribution < -0.4 is 0 Å². The molecule has 1 amide bonds. The molecule has 0 spiro atoms. The highest BCUT2D eigenvalue weighted by atomic mass is 32.2. The molecule has 1 atom stereocenters. The average molecular weight is 407 g/mol. The van der Waals surface area contributed by atoms with Crippen molar-refractivity contribution in [3.63, 3.8) is 0 Å². The van der Waals surface area contributed by atoms with Crippen molar-refractivity contribution in [3.05, 3.63) is 42.0 Å². The topological polar surface area (TPSA) is 84.0 Å². The average Bonchev–Trinajstić information content (AvgIpc) is 3.21. The molecule has 0 unspecified atom stereocenters. The molecule has 0 aromatic heterocycles. The van der Waals surface area contributed by atoms with Crippen molar-refractivity contribution in [1.82, 2.24) is 9.21 Å². The lowest BCUT2D eigenvalue weighted by Crippen LogP contribution is -2.50. The van der Waals surface area contributed by atoms with Gasteiger partial charge in [0.15, 0.2) is 0 Å². The standard InChI is InChI=1S/C20H26N2O5S/c1-2-27-20(24)17-7-9-18(10-8-17)28(25,26)22-13-11-21(12-14-22)19(23)15-16-5-3-4-6-16/h3,5,7-10,16H,2,4,6,11-15H2,1H3/t16-/m0/s1. The van der Waals surface area contributed by atoms with Gasteiger partial charge >= 0.3 is 5.97 Å². The van der Waals surface area contributed by atoms with Gasteiger partial charge in [0, 0.05) is 32.6 Å². The molecule has 1 aliphatic heterocycles. The highest BCUT2D eigenvalue weighted by Gasteiger charge is 2.30. The number of carbonyl (C=O) groups excluding carboxylic acids is 2. The first kappa shape index (κ1) is 20.5. The van der Waals surface area contributed by atoms with Crippen molar-refractivity contribution in [2.45, 2.75) is 31.1 Å². The van der Waals surface area contributed by atoms with Crippen molar-refractivity contribution in [2.75, 3.05) is 32.8 Å². The number of carbonyl (C=O) groups is 2. The first-order valence-corrected chi connectivity index (χ1v) is 11.1. The summed E-state index contributed by atoms with van der Waals surface area (Å²) in [6, 6.07) is 5.76. The van der Waals surface area contributed by atoms with Crippen molar-refractivity contribution in [2.24, 2.45) is 5.92 Å². The monoisotopic (exact) mass is 406 g/mol. The lowest BCUT2D eigenvalue weighted by Gasteiger charge is -2.34. The Morgan fingerprint density at radius 2 is 1.79 bits per heavy atom. The molecule has 152 valence electrons. The molecule has 1 fully saturated rings. The summed E-state index contributed by atoms with van der Waals surface area (Å²) in [5.74, 6) is -0.0738. The van der Waals surface area contributed by atoms with Gasteiger partial charge in [0.1, 0.15) is 0 Å². The summed E-state index contributed by atoms with van der Waals surface area (Å²) in [7, 11) is -3.66. The number of piperazine rings is 1. The summed E-state index contributed by atoms with van der Waals surface area (Å²) >= 11 is 0. The van der Waals surface area contributed by atoms with Crippen LogP contribution in [0.1, 0.15) is 36.5 Å². The van der Waals surface area contributed by atoms with Crippen LogP contribution in [0.2, 0.25) is 0 Å². The smallest absolute Gasteiger partial charge is 0.338 e. The fourth-order valence-corrected chi connectivity index (χ4v) is 4.95. The highest BCUT2D eigenvalue weighted by molar-refractivity contribution is 7.89. The Morgan fingerprint density at radius 1 is 1.11 bits per heavy atom. The molecule has 8 heteroatoms. The Morgan fingerprint density at radius 3 is 2.36 bits per heavy atom. The summed E-state index contributed by atoms with van der Waals surface area (Å²) in [6.45, 7) is 3.32. The highest BCUT2D eigenvalue weighted by Crippen LogP contribution is 2.23. The maximum Gasteiger partial charge on any atom is 0.338 e. The Bertz CT molecular complexity index is 840. The van der Waals surface area contributed by atoms with Crippen molar-refractivity contribution < 1.29 is 22.7 Å². The van der Waals surface area contributed by atoms with E-state index >= 15 is 0 Å². The molecule has 3 rings (SSSR count). The minimum atomic E-state index is -3.66. The van der Waals surface area contributed by atoms with Crippen molar-refractivity contribution >= 4 is 21.9 Å². The van der Waals surface area contributed by atoms with Crippen LogP contribution in [0.15, 0.2) is 41.3 Å². The molecule has 28 heavy (non-hydrogen) atoms. The number of ether oxygens (including phenoxy) is 1. The van der Waals surface area contributed by atoms with E-state index in [1.807, 2.05) is 0 Å². The summed E-state index contributed by atoms with van der Waals surface area (Å²) < 4.78 is 32.0. The number of esters is 1. The second-order valence-electron chi connectivity index (χ2n) is 7.00. The van der Waals surface area contributed by atoms with Gasteiger partial charge in [-0.05, 0) is 49.9 Å². The number of rotatable bonds is 6. The molecular formula is C20H26N2O5S. The van der Waals surface area contributed by atoms with Gasteiger partial charge in [-0.2, -0.15) is 4.31 Å². The van der Waals surface area contributed by atoms with Gasteiger partial charge in [-0.3, -0.25) is 4.79 Å². The predicted octanol–water partition coefficient (Wildman–Crippen LogP) is 2.05. The van der Waals surface area contributed by atoms with E-state index in [1.165, 1.54) is 28.6 Å². The number of nitrogens with zero attached hydrogens (tertiary/aromatic N) is 2. The summed E-state index contributed by atoms with van der Waals surface area (Å²) in [5, 5.41) is 0. The van der Waals surface area contributed by atoms with Gasteiger partial charge in [0.2, 0.25) is 15.9 Å². The van der Waals surface area contributed by atoms with E-state index in [0.29, 0.717) is 31.0 Å². The maximum absolute atomic E-state index is 12.8. The van der Waals surface area contributed by atoms with E-state index in [-0.39, 0.29) is 30.5 Å². The summed E-state index contributed by atoms with van der Waals surface area (Å²) in [4.78, 5) is 26.0. The largest absolute Gasteiger partial charge is 0.462 e. The van der Waals surface area contributed by atoms with Gasteiger partial charge in [0.05, 0.1) is 17.1 Å². The van der Waals surface area contributed by atoms with Crippen LogP contribution in [-0.4, -0.2) is 62.3 Å². The van der Waals surface area contributed by atoms with Gasteiger partial charge in [0.25, 0.3) is 0 Å². The van der Waals surface area contributed by atoms with Crippen LogP contribution in [0.3, 0.4) is 0 Å². The molecular weight excluding hydrogens is 380 g/mol. The minimum Gasteiger partial charge on any atom is -0.462 e.